The molecule has 0 N–H and O–H groups in total. The molecule has 0 spiro atoms. The molecule has 1 unspecified atom stereocenters. The van der Waals surface area contributed by atoms with Crippen LogP contribution in [0.3, 0.4) is 0 Å². The van der Waals surface area contributed by atoms with Crippen molar-refractivity contribution in [1.82, 2.24) is 0 Å². The minimum absolute atomic E-state index is 0.252. The minimum Gasteiger partial charge on any atom is -0.459 e. The molecular weight excluding hydrogens is 344 g/mol. The van der Waals surface area contributed by atoms with Crippen molar-refractivity contribution in [2.24, 2.45) is 0 Å². The Balaban J connectivity index is 3.63. The predicted molar refractivity (Wildman–Crippen MR) is 55.3 cm³/mol. The van der Waals surface area contributed by atoms with Crippen LogP contribution in [0.4, 0.5) is 0 Å². The summed E-state index contributed by atoms with van der Waals surface area (Å²) in [5.74, 6) is -0.267. The van der Waals surface area contributed by atoms with Crippen LogP contribution >= 0.6 is 47.8 Å². The minimum atomic E-state index is -0.267. The first-order valence-electron chi connectivity index (χ1n) is 2.83. The van der Waals surface area contributed by atoms with E-state index in [-0.39, 0.29) is 17.4 Å². The third-order valence-corrected chi connectivity index (χ3v) is 2.79. The van der Waals surface area contributed by atoms with Crippen molar-refractivity contribution < 1.29 is 9.53 Å². The van der Waals surface area contributed by atoms with E-state index in [1.165, 1.54) is 0 Å². The van der Waals surface area contributed by atoms with Crippen LogP contribution in [-0.4, -0.2) is 17.4 Å². The molecule has 11 heavy (non-hydrogen) atoms. The van der Waals surface area contributed by atoms with E-state index in [0.29, 0.717) is 0 Å². The van der Waals surface area contributed by atoms with Crippen LogP contribution in [0.2, 0.25) is 0 Å². The van der Waals surface area contributed by atoms with E-state index in [1.807, 2.05) is 0 Å². The van der Waals surface area contributed by atoms with Crippen LogP contribution in [0.1, 0.15) is 6.92 Å². The highest BCUT2D eigenvalue weighted by atomic mass is 79.9. The van der Waals surface area contributed by atoms with E-state index in [1.54, 1.807) is 11.9 Å². The fourth-order valence-electron chi connectivity index (χ4n) is 0.286. The Kier molecular flexibility index (Phi) is 6.56. The lowest BCUT2D eigenvalue weighted by atomic mass is 10.5. The zero-order valence-electron chi connectivity index (χ0n) is 5.81. The van der Waals surface area contributed by atoms with Crippen LogP contribution in [-0.2, 0) is 9.53 Å². The summed E-state index contributed by atoms with van der Waals surface area (Å²) >= 11 is 9.36. The lowest BCUT2D eigenvalue weighted by molar-refractivity contribution is -0.141. The number of esters is 1. The molecule has 0 aromatic heterocycles. The largest absolute Gasteiger partial charge is 0.459 e. The van der Waals surface area contributed by atoms with Crippen molar-refractivity contribution in [2.45, 2.75) is 11.8 Å². The Morgan fingerprint density at radius 1 is 1.73 bits per heavy atom. The molecule has 2 nitrogen and oxygen atoms in total. The molecule has 0 saturated carbocycles. The van der Waals surface area contributed by atoms with Gasteiger partial charge in [-0.1, -0.05) is 47.8 Å². The highest BCUT2D eigenvalue weighted by Gasteiger charge is 2.09. The first kappa shape index (κ1) is 11.6. The molecule has 0 aromatic rings. The molecule has 0 aromatic carbocycles. The average molecular weight is 351 g/mol. The average Bonchev–Trinajstić information content (AvgIpc) is 1.99. The Hall–Kier alpha value is 0.650. The van der Waals surface area contributed by atoms with Crippen molar-refractivity contribution in [3.8, 4) is 0 Å². The number of carbonyl (C=O) groups excluding carboxylic acids is 1. The molecule has 0 rings (SSSR count). The number of hydrogen-bond donors (Lipinski definition) is 0. The molecule has 5 heteroatoms. The molecule has 0 fully saturated rings. The first-order valence-corrected chi connectivity index (χ1v) is 5.45. The number of halogens is 3. The Bertz CT molecular complexity index is 165. The number of alkyl halides is 1. The second-order valence-electron chi connectivity index (χ2n) is 1.78. The molecule has 0 amide bonds. The van der Waals surface area contributed by atoms with E-state index in [9.17, 15) is 4.79 Å². The monoisotopic (exact) mass is 348 g/mol. The van der Waals surface area contributed by atoms with Crippen molar-refractivity contribution in [1.29, 1.82) is 0 Å². The summed E-state index contributed by atoms with van der Waals surface area (Å²) in [4.78, 5) is 12.2. The van der Waals surface area contributed by atoms with Crippen LogP contribution in [0.5, 0.6) is 0 Å². The smallest absolute Gasteiger partial charge is 0.319 e. The number of hydrogen-bond acceptors (Lipinski definition) is 2. The Morgan fingerprint density at radius 2 is 2.27 bits per heavy atom. The van der Waals surface area contributed by atoms with Gasteiger partial charge < -0.3 is 4.74 Å². The Morgan fingerprint density at radius 3 is 2.64 bits per heavy atom. The third kappa shape index (κ3) is 5.87. The van der Waals surface area contributed by atoms with E-state index in [2.05, 4.69) is 47.8 Å². The van der Waals surface area contributed by atoms with Crippen LogP contribution < -0.4 is 0 Å². The normalized spacial score (nSPS) is 14.4. The fourth-order valence-corrected chi connectivity index (χ4v) is 0.665. The van der Waals surface area contributed by atoms with E-state index < -0.39 is 0 Å². The number of carbonyl (C=O) groups is 1. The second kappa shape index (κ2) is 6.20. The highest BCUT2D eigenvalue weighted by Crippen LogP contribution is 2.09. The maximum absolute atomic E-state index is 10.8. The summed E-state index contributed by atoms with van der Waals surface area (Å²) in [6, 6.07) is 0. The Labute approximate surface area is 90.8 Å². The lowest BCUT2D eigenvalue weighted by Crippen LogP contribution is -2.14. The van der Waals surface area contributed by atoms with Crippen LogP contribution in [0.15, 0.2) is 9.47 Å². The van der Waals surface area contributed by atoms with Gasteiger partial charge in [0.05, 0.1) is 0 Å². The molecule has 0 heterocycles. The summed E-state index contributed by atoms with van der Waals surface area (Å²) in [5, 5.41) is 0. The standard InChI is InChI=1S/C6H7Br3O2/c1-4(8)6(10)11-3-5(9)2-7/h2,4H,3H2,1H3. The van der Waals surface area contributed by atoms with Gasteiger partial charge in [0.1, 0.15) is 11.4 Å². The van der Waals surface area contributed by atoms with Gasteiger partial charge in [-0.2, -0.15) is 0 Å². The molecule has 0 saturated heterocycles. The maximum atomic E-state index is 10.8. The summed E-state index contributed by atoms with van der Waals surface area (Å²) in [7, 11) is 0. The van der Waals surface area contributed by atoms with Gasteiger partial charge >= 0.3 is 5.97 Å². The van der Waals surface area contributed by atoms with Crippen LogP contribution in [0, 0.1) is 0 Å². The maximum Gasteiger partial charge on any atom is 0.319 e. The second-order valence-corrected chi connectivity index (χ2v) is 4.63. The van der Waals surface area contributed by atoms with Gasteiger partial charge in [0.15, 0.2) is 0 Å². The molecule has 1 atom stereocenters. The first-order chi connectivity index (χ1) is 5.07. The summed E-state index contributed by atoms with van der Waals surface area (Å²) in [6.45, 7) is 1.98. The van der Waals surface area contributed by atoms with Crippen molar-refractivity contribution >= 4 is 53.8 Å². The quantitative estimate of drug-likeness (QED) is 0.578. The molecular formula is C6H7Br3O2. The van der Waals surface area contributed by atoms with Gasteiger partial charge in [-0.3, -0.25) is 4.79 Å². The van der Waals surface area contributed by atoms with Crippen molar-refractivity contribution in [3.05, 3.63) is 9.47 Å². The van der Waals surface area contributed by atoms with E-state index in [4.69, 9.17) is 4.74 Å². The summed E-state index contributed by atoms with van der Waals surface area (Å²) in [6.07, 6.45) is 0. The molecule has 0 aliphatic heterocycles. The molecule has 0 radical (unpaired) electrons. The van der Waals surface area contributed by atoms with Gasteiger partial charge in [0.25, 0.3) is 0 Å². The summed E-state index contributed by atoms with van der Waals surface area (Å²) in [5.41, 5.74) is 0. The number of ether oxygens (including phenoxy) is 1. The third-order valence-electron chi connectivity index (χ3n) is 0.795. The predicted octanol–water partition coefficient (Wildman–Crippen LogP) is 2.94. The van der Waals surface area contributed by atoms with Crippen molar-refractivity contribution in [2.75, 3.05) is 6.61 Å². The van der Waals surface area contributed by atoms with Gasteiger partial charge in [-0.15, -0.1) is 0 Å². The number of rotatable bonds is 3. The van der Waals surface area contributed by atoms with Crippen molar-refractivity contribution in [3.63, 3.8) is 0 Å². The zero-order valence-corrected chi connectivity index (χ0v) is 10.6. The van der Waals surface area contributed by atoms with E-state index in [0.717, 1.165) is 4.48 Å². The topological polar surface area (TPSA) is 26.3 Å². The molecule has 0 aliphatic rings. The lowest BCUT2D eigenvalue weighted by Gasteiger charge is -2.03. The van der Waals surface area contributed by atoms with E-state index >= 15 is 0 Å². The van der Waals surface area contributed by atoms with Gasteiger partial charge in [-0.25, -0.2) is 0 Å². The summed E-state index contributed by atoms with van der Waals surface area (Å²) < 4.78 is 5.62. The van der Waals surface area contributed by atoms with Gasteiger partial charge in [-0.05, 0) is 11.9 Å². The van der Waals surface area contributed by atoms with Gasteiger partial charge in [0, 0.05) is 4.48 Å². The van der Waals surface area contributed by atoms with Gasteiger partial charge in [0.2, 0.25) is 0 Å². The highest BCUT2D eigenvalue weighted by molar-refractivity contribution is 9.14. The van der Waals surface area contributed by atoms with Crippen LogP contribution in [0.25, 0.3) is 0 Å². The fraction of sp³-hybridized carbons (Fsp3) is 0.500. The molecule has 0 bridgehead atoms. The SMILES string of the molecule is CC(Br)C(=O)OCC(Br)=CBr. The zero-order chi connectivity index (χ0) is 8.85. The molecule has 64 valence electrons. The molecule has 0 aliphatic carbocycles.